The number of amides is 4. The molecule has 3 aliphatic rings. The third-order valence-corrected chi connectivity index (χ3v) is 8.08. The van der Waals surface area contributed by atoms with Crippen molar-refractivity contribution in [2.45, 2.75) is 48.9 Å². The molecular formula is C26H32FN7O3S. The highest BCUT2D eigenvalue weighted by Crippen LogP contribution is 2.40. The number of fused-ring (bicyclic) bond motifs is 2. The van der Waals surface area contributed by atoms with E-state index in [2.05, 4.69) is 10.6 Å². The SMILES string of the molecule is CCCN(C(=O)NC)N1CC(=O)N2[C@@H](Cc3ccc(F)cc3)C(=O)N(Cc3cccc4c3NC(N)S4)C[C@@H]21. The minimum absolute atomic E-state index is 0.00703. The topological polar surface area (TPSA) is 114 Å². The van der Waals surface area contributed by atoms with E-state index in [1.54, 1.807) is 39.0 Å². The van der Waals surface area contributed by atoms with Crippen LogP contribution in [0.15, 0.2) is 47.4 Å². The first-order valence-electron chi connectivity index (χ1n) is 12.7. The molecule has 0 saturated carbocycles. The van der Waals surface area contributed by atoms with Crippen LogP contribution in [-0.2, 0) is 22.6 Å². The van der Waals surface area contributed by atoms with E-state index in [-0.39, 0.29) is 48.7 Å². The lowest BCUT2D eigenvalue weighted by Gasteiger charge is -2.46. The summed E-state index contributed by atoms with van der Waals surface area (Å²) < 4.78 is 13.6. The number of carbonyl (C=O) groups excluding carboxylic acids is 3. The summed E-state index contributed by atoms with van der Waals surface area (Å²) in [4.78, 5) is 44.5. The lowest BCUT2D eigenvalue weighted by molar-refractivity contribution is -0.157. The van der Waals surface area contributed by atoms with Gasteiger partial charge in [0.2, 0.25) is 11.8 Å². The fraction of sp³-hybridized carbons (Fsp3) is 0.423. The van der Waals surface area contributed by atoms with Crippen LogP contribution in [0.3, 0.4) is 0 Å². The third-order valence-electron chi connectivity index (χ3n) is 7.12. The zero-order chi connectivity index (χ0) is 27.0. The van der Waals surface area contributed by atoms with Gasteiger partial charge < -0.3 is 26.2 Å². The molecule has 202 valence electrons. The van der Waals surface area contributed by atoms with Gasteiger partial charge >= 0.3 is 6.03 Å². The van der Waals surface area contributed by atoms with E-state index in [9.17, 15) is 18.8 Å². The van der Waals surface area contributed by atoms with Gasteiger partial charge in [-0.05, 0) is 35.7 Å². The summed E-state index contributed by atoms with van der Waals surface area (Å²) >= 11 is 1.52. The summed E-state index contributed by atoms with van der Waals surface area (Å²) in [5.74, 6) is -0.769. The highest BCUT2D eigenvalue weighted by Gasteiger charge is 2.52. The van der Waals surface area contributed by atoms with E-state index in [4.69, 9.17) is 5.73 Å². The number of hydrogen-bond donors (Lipinski definition) is 3. The van der Waals surface area contributed by atoms with Crippen LogP contribution in [0, 0.1) is 5.82 Å². The van der Waals surface area contributed by atoms with Gasteiger partial charge in [0.25, 0.3) is 0 Å². The smallest absolute Gasteiger partial charge is 0.331 e. The van der Waals surface area contributed by atoms with Gasteiger partial charge in [-0.15, -0.1) is 0 Å². The molecule has 4 amide bonds. The van der Waals surface area contributed by atoms with Gasteiger partial charge in [0.05, 0.1) is 18.8 Å². The summed E-state index contributed by atoms with van der Waals surface area (Å²) in [6.45, 7) is 2.95. The predicted octanol–water partition coefficient (Wildman–Crippen LogP) is 1.98. The Bertz CT molecular complexity index is 1230. The molecule has 1 unspecified atom stereocenters. The number of rotatable bonds is 7. The summed E-state index contributed by atoms with van der Waals surface area (Å²) in [5.41, 5.74) is 8.42. The van der Waals surface area contributed by atoms with E-state index >= 15 is 0 Å². The fourth-order valence-corrected chi connectivity index (χ4v) is 6.32. The van der Waals surface area contributed by atoms with Crippen molar-refractivity contribution in [2.75, 3.05) is 32.0 Å². The molecule has 5 rings (SSSR count). The van der Waals surface area contributed by atoms with Gasteiger partial charge in [0, 0.05) is 31.5 Å². The summed E-state index contributed by atoms with van der Waals surface area (Å²) in [7, 11) is 1.56. The summed E-state index contributed by atoms with van der Waals surface area (Å²) in [5, 5.41) is 9.26. The van der Waals surface area contributed by atoms with Crippen LogP contribution < -0.4 is 16.4 Å². The Hall–Kier alpha value is -3.35. The molecule has 2 saturated heterocycles. The molecule has 2 fully saturated rings. The number of benzene rings is 2. The molecule has 0 aliphatic carbocycles. The number of piperazine rings is 1. The van der Waals surface area contributed by atoms with Gasteiger partial charge in [-0.25, -0.2) is 9.18 Å². The molecule has 2 aromatic carbocycles. The predicted molar refractivity (Wildman–Crippen MR) is 142 cm³/mol. The number of nitrogens with zero attached hydrogens (tertiary/aromatic N) is 4. The average Bonchev–Trinajstić information content (AvgIpc) is 3.45. The molecule has 3 atom stereocenters. The van der Waals surface area contributed by atoms with Crippen molar-refractivity contribution in [1.82, 2.24) is 25.1 Å². The first-order valence-corrected chi connectivity index (χ1v) is 13.6. The van der Waals surface area contributed by atoms with Crippen molar-refractivity contribution in [1.29, 1.82) is 0 Å². The van der Waals surface area contributed by atoms with Gasteiger partial charge in [0.15, 0.2) is 0 Å². The van der Waals surface area contributed by atoms with Gasteiger partial charge in [-0.1, -0.05) is 43.0 Å². The fourth-order valence-electron chi connectivity index (χ4n) is 5.41. The Morgan fingerprint density at radius 2 is 2.00 bits per heavy atom. The van der Waals surface area contributed by atoms with Crippen molar-refractivity contribution in [3.63, 3.8) is 0 Å². The minimum atomic E-state index is -0.786. The number of para-hydroxylation sites is 1. The van der Waals surface area contributed by atoms with Crippen molar-refractivity contribution in [2.24, 2.45) is 5.73 Å². The Kier molecular flexibility index (Phi) is 7.46. The normalized spacial score (nSPS) is 22.8. The Morgan fingerprint density at radius 3 is 2.71 bits per heavy atom. The number of nitrogens with one attached hydrogen (secondary N) is 2. The number of urea groups is 1. The van der Waals surface area contributed by atoms with Crippen LogP contribution in [0.2, 0.25) is 0 Å². The molecular weight excluding hydrogens is 509 g/mol. The molecule has 38 heavy (non-hydrogen) atoms. The van der Waals surface area contributed by atoms with E-state index in [0.29, 0.717) is 19.5 Å². The number of anilines is 1. The Morgan fingerprint density at radius 1 is 1.24 bits per heavy atom. The first-order chi connectivity index (χ1) is 18.3. The Balaban J connectivity index is 1.49. The van der Waals surface area contributed by atoms with E-state index < -0.39 is 12.2 Å². The maximum absolute atomic E-state index is 13.9. The average molecular weight is 542 g/mol. The van der Waals surface area contributed by atoms with Crippen LogP contribution in [-0.4, -0.2) is 82.1 Å². The van der Waals surface area contributed by atoms with Crippen molar-refractivity contribution in [3.05, 3.63) is 59.4 Å². The molecule has 4 N–H and O–H groups in total. The summed E-state index contributed by atoms with van der Waals surface area (Å²) in [6, 6.07) is 10.8. The quantitative estimate of drug-likeness (QED) is 0.491. The Labute approximate surface area is 225 Å². The van der Waals surface area contributed by atoms with Crippen molar-refractivity contribution >= 4 is 35.3 Å². The van der Waals surface area contributed by atoms with Gasteiger partial charge in [-0.3, -0.25) is 14.6 Å². The van der Waals surface area contributed by atoms with Crippen LogP contribution >= 0.6 is 11.8 Å². The molecule has 0 aromatic heterocycles. The third kappa shape index (κ3) is 4.91. The van der Waals surface area contributed by atoms with E-state index in [1.165, 1.54) is 23.9 Å². The molecule has 0 bridgehead atoms. The molecule has 2 aromatic rings. The maximum Gasteiger partial charge on any atom is 0.331 e. The van der Waals surface area contributed by atoms with Crippen LogP contribution in [0.1, 0.15) is 24.5 Å². The standard InChI is InChI=1S/C26H32FN7O3S/c1-3-11-32(26(37)29-2)33-15-22(35)34-19(12-16-7-9-18(27)10-8-16)24(36)31(14-21(33)34)13-17-5-4-6-20-23(17)30-25(28)38-20/h4-10,19,21,25,30H,3,11-15,28H2,1-2H3,(H,29,37)/t19-,21+,25?/m0/s1. The van der Waals surface area contributed by atoms with E-state index in [1.807, 2.05) is 25.1 Å². The second-order valence-corrected chi connectivity index (χ2v) is 10.8. The second kappa shape index (κ2) is 10.8. The summed E-state index contributed by atoms with van der Waals surface area (Å²) in [6.07, 6.45) is 0.424. The lowest BCUT2D eigenvalue weighted by Crippen LogP contribution is -2.66. The molecule has 10 nitrogen and oxygen atoms in total. The molecule has 12 heteroatoms. The molecule has 0 spiro atoms. The number of thioether (sulfide) groups is 1. The van der Waals surface area contributed by atoms with Crippen molar-refractivity contribution in [3.8, 4) is 0 Å². The minimum Gasteiger partial charge on any atom is -0.360 e. The zero-order valence-electron chi connectivity index (χ0n) is 21.4. The first kappa shape index (κ1) is 26.3. The lowest BCUT2D eigenvalue weighted by atomic mass is 9.99. The number of hydrogen-bond acceptors (Lipinski definition) is 7. The molecule has 3 heterocycles. The zero-order valence-corrected chi connectivity index (χ0v) is 22.2. The van der Waals surface area contributed by atoms with Crippen molar-refractivity contribution < 1.29 is 18.8 Å². The van der Waals surface area contributed by atoms with Crippen LogP contribution in [0.5, 0.6) is 0 Å². The number of carbonyl (C=O) groups is 3. The maximum atomic E-state index is 13.9. The van der Waals surface area contributed by atoms with Gasteiger partial charge in [0.1, 0.15) is 23.5 Å². The number of halogens is 1. The highest BCUT2D eigenvalue weighted by molar-refractivity contribution is 8.00. The largest absolute Gasteiger partial charge is 0.360 e. The second-order valence-electron chi connectivity index (χ2n) is 9.60. The monoisotopic (exact) mass is 541 g/mol. The van der Waals surface area contributed by atoms with Crippen LogP contribution in [0.4, 0.5) is 14.9 Å². The van der Waals surface area contributed by atoms with Gasteiger partial charge in [-0.2, -0.15) is 5.01 Å². The molecule has 3 aliphatic heterocycles. The van der Waals surface area contributed by atoms with Crippen LogP contribution in [0.25, 0.3) is 0 Å². The van der Waals surface area contributed by atoms with E-state index in [0.717, 1.165) is 21.7 Å². The number of hydrazine groups is 1. The number of nitrogens with two attached hydrogens (primary N) is 1. The molecule has 0 radical (unpaired) electrons. The highest BCUT2D eigenvalue weighted by atomic mass is 32.2.